The fraction of sp³-hybridized carbons (Fsp3) is 0.412. The number of thiazole rings is 1. The molecule has 0 saturated heterocycles. The number of aliphatic carboxylic acids is 1. The summed E-state index contributed by atoms with van der Waals surface area (Å²) in [6.07, 6.45) is -0.0473. The van der Waals surface area contributed by atoms with Gasteiger partial charge in [-0.05, 0) is 24.0 Å². The van der Waals surface area contributed by atoms with Gasteiger partial charge in [-0.1, -0.05) is 38.5 Å². The Morgan fingerprint density at radius 2 is 2.09 bits per heavy atom. The molecule has 0 bridgehead atoms. The third-order valence-electron chi connectivity index (χ3n) is 3.23. The second kappa shape index (κ2) is 6.48. The third kappa shape index (κ3) is 4.31. The maximum absolute atomic E-state index is 10.7. The van der Waals surface area contributed by atoms with Gasteiger partial charge in [-0.15, -0.1) is 11.3 Å². The molecule has 2 rings (SSSR count). The molecule has 1 heterocycles. The monoisotopic (exact) mass is 319 g/mol. The van der Waals surface area contributed by atoms with E-state index in [1.807, 2.05) is 12.1 Å². The van der Waals surface area contributed by atoms with Gasteiger partial charge in [0.25, 0.3) is 0 Å². The van der Waals surface area contributed by atoms with Gasteiger partial charge >= 0.3 is 5.97 Å². The van der Waals surface area contributed by atoms with Crippen molar-refractivity contribution in [2.24, 2.45) is 0 Å². The molecule has 0 aliphatic heterocycles. The number of rotatable bonds is 5. The highest BCUT2D eigenvalue weighted by Gasteiger charge is 2.19. The molecule has 4 nitrogen and oxygen atoms in total. The SMILES string of the molecule is Cc1ccc(OCc2nc(CC(=O)O)cs2)c(C(C)(C)C)c1. The van der Waals surface area contributed by atoms with E-state index in [0.717, 1.165) is 16.3 Å². The molecule has 2 aromatic rings. The molecule has 1 N–H and O–H groups in total. The largest absolute Gasteiger partial charge is 0.486 e. The van der Waals surface area contributed by atoms with Gasteiger partial charge in [0.1, 0.15) is 17.4 Å². The number of hydrogen-bond donors (Lipinski definition) is 1. The predicted molar refractivity (Wildman–Crippen MR) is 87.7 cm³/mol. The summed E-state index contributed by atoms with van der Waals surface area (Å²) in [6.45, 7) is 8.89. The summed E-state index contributed by atoms with van der Waals surface area (Å²) in [5.74, 6) is -0.0144. The zero-order chi connectivity index (χ0) is 16.3. The highest BCUT2D eigenvalue weighted by molar-refractivity contribution is 7.09. The lowest BCUT2D eigenvalue weighted by Gasteiger charge is -2.23. The summed E-state index contributed by atoms with van der Waals surface area (Å²) < 4.78 is 5.92. The van der Waals surface area contributed by atoms with Crippen molar-refractivity contribution in [3.63, 3.8) is 0 Å². The number of benzene rings is 1. The van der Waals surface area contributed by atoms with Gasteiger partial charge in [-0.3, -0.25) is 4.79 Å². The Kier molecular flexibility index (Phi) is 4.86. The summed E-state index contributed by atoms with van der Waals surface area (Å²) in [5.41, 5.74) is 2.94. The van der Waals surface area contributed by atoms with Gasteiger partial charge in [-0.2, -0.15) is 0 Å². The number of nitrogens with zero attached hydrogens (tertiary/aromatic N) is 1. The summed E-state index contributed by atoms with van der Waals surface area (Å²) in [6, 6.07) is 6.16. The lowest BCUT2D eigenvalue weighted by Crippen LogP contribution is -2.13. The van der Waals surface area contributed by atoms with Crippen molar-refractivity contribution in [3.05, 3.63) is 45.4 Å². The summed E-state index contributed by atoms with van der Waals surface area (Å²) in [5, 5.41) is 11.3. The molecular weight excluding hydrogens is 298 g/mol. The van der Waals surface area contributed by atoms with Crippen molar-refractivity contribution < 1.29 is 14.6 Å². The minimum atomic E-state index is -0.869. The number of ether oxygens (including phenoxy) is 1. The third-order valence-corrected chi connectivity index (χ3v) is 4.10. The average Bonchev–Trinajstić information content (AvgIpc) is 2.83. The first kappa shape index (κ1) is 16.5. The van der Waals surface area contributed by atoms with Crippen molar-refractivity contribution in [2.75, 3.05) is 0 Å². The molecule has 0 unspecified atom stereocenters. The first-order chi connectivity index (χ1) is 10.3. The molecular formula is C17H21NO3S. The van der Waals surface area contributed by atoms with Crippen LogP contribution >= 0.6 is 11.3 Å². The molecule has 0 amide bonds. The molecule has 118 valence electrons. The topological polar surface area (TPSA) is 59.4 Å². The van der Waals surface area contributed by atoms with Gasteiger partial charge in [0.15, 0.2) is 0 Å². The van der Waals surface area contributed by atoms with Crippen molar-refractivity contribution in [1.82, 2.24) is 4.98 Å². The molecule has 0 radical (unpaired) electrons. The molecule has 0 aliphatic carbocycles. The van der Waals surface area contributed by atoms with Gasteiger partial charge < -0.3 is 9.84 Å². The van der Waals surface area contributed by atoms with Crippen molar-refractivity contribution in [3.8, 4) is 5.75 Å². The Morgan fingerprint density at radius 3 is 2.73 bits per heavy atom. The van der Waals surface area contributed by atoms with Gasteiger partial charge in [0.2, 0.25) is 0 Å². The van der Waals surface area contributed by atoms with E-state index in [0.29, 0.717) is 12.3 Å². The fourth-order valence-corrected chi connectivity index (χ4v) is 2.85. The molecule has 1 aromatic heterocycles. The van der Waals surface area contributed by atoms with E-state index in [1.54, 1.807) is 5.38 Å². The Hall–Kier alpha value is -1.88. The van der Waals surface area contributed by atoms with Crippen LogP contribution < -0.4 is 4.74 Å². The number of aryl methyl sites for hydroxylation is 1. The minimum absolute atomic E-state index is 0.00129. The zero-order valence-electron chi connectivity index (χ0n) is 13.3. The highest BCUT2D eigenvalue weighted by Crippen LogP contribution is 2.32. The maximum Gasteiger partial charge on any atom is 0.309 e. The Bertz CT molecular complexity index is 671. The number of carboxylic acid groups (broad SMARTS) is 1. The maximum atomic E-state index is 10.7. The first-order valence-corrected chi connectivity index (χ1v) is 8.02. The van der Waals surface area contributed by atoms with Gasteiger partial charge in [0.05, 0.1) is 12.1 Å². The second-order valence-electron chi connectivity index (χ2n) is 6.34. The van der Waals surface area contributed by atoms with E-state index in [1.165, 1.54) is 16.9 Å². The van der Waals surface area contributed by atoms with E-state index >= 15 is 0 Å². The lowest BCUT2D eigenvalue weighted by atomic mass is 9.85. The van der Waals surface area contributed by atoms with E-state index in [-0.39, 0.29) is 11.8 Å². The van der Waals surface area contributed by atoms with E-state index in [4.69, 9.17) is 9.84 Å². The molecule has 22 heavy (non-hydrogen) atoms. The Labute approximate surface area is 134 Å². The van der Waals surface area contributed by atoms with Gasteiger partial charge in [-0.25, -0.2) is 4.98 Å². The van der Waals surface area contributed by atoms with Crippen LogP contribution in [-0.4, -0.2) is 16.1 Å². The fourth-order valence-electron chi connectivity index (χ4n) is 2.15. The van der Waals surface area contributed by atoms with Crippen LogP contribution in [-0.2, 0) is 23.2 Å². The molecule has 0 spiro atoms. The minimum Gasteiger partial charge on any atom is -0.486 e. The zero-order valence-corrected chi connectivity index (χ0v) is 14.2. The number of carboxylic acids is 1. The molecule has 0 aliphatic rings. The van der Waals surface area contributed by atoms with E-state index in [9.17, 15) is 4.79 Å². The molecule has 0 saturated carbocycles. The van der Waals surface area contributed by atoms with Crippen LogP contribution in [0.4, 0.5) is 0 Å². The Balaban J connectivity index is 2.11. The highest BCUT2D eigenvalue weighted by atomic mass is 32.1. The quantitative estimate of drug-likeness (QED) is 0.906. The van der Waals surface area contributed by atoms with Crippen molar-refractivity contribution in [2.45, 2.75) is 46.1 Å². The number of hydrogen-bond acceptors (Lipinski definition) is 4. The van der Waals surface area contributed by atoms with Crippen LogP contribution in [0.2, 0.25) is 0 Å². The molecule has 1 aromatic carbocycles. The summed E-state index contributed by atoms with van der Waals surface area (Å²) >= 11 is 1.43. The van der Waals surface area contributed by atoms with Crippen LogP contribution in [0.15, 0.2) is 23.6 Å². The van der Waals surface area contributed by atoms with E-state index in [2.05, 4.69) is 38.7 Å². The van der Waals surface area contributed by atoms with Crippen molar-refractivity contribution >= 4 is 17.3 Å². The van der Waals surface area contributed by atoms with Crippen LogP contribution in [0.1, 0.15) is 42.6 Å². The van der Waals surface area contributed by atoms with E-state index < -0.39 is 5.97 Å². The van der Waals surface area contributed by atoms with Crippen LogP contribution in [0.3, 0.4) is 0 Å². The number of aromatic nitrogens is 1. The van der Waals surface area contributed by atoms with Crippen LogP contribution in [0.25, 0.3) is 0 Å². The average molecular weight is 319 g/mol. The van der Waals surface area contributed by atoms with Crippen molar-refractivity contribution in [1.29, 1.82) is 0 Å². The first-order valence-electron chi connectivity index (χ1n) is 7.14. The number of carbonyl (C=O) groups is 1. The molecule has 0 fully saturated rings. The predicted octanol–water partition coefficient (Wildman–Crippen LogP) is 3.96. The normalized spacial score (nSPS) is 11.5. The Morgan fingerprint density at radius 1 is 1.36 bits per heavy atom. The lowest BCUT2D eigenvalue weighted by molar-refractivity contribution is -0.136. The van der Waals surface area contributed by atoms with Gasteiger partial charge in [0, 0.05) is 5.38 Å². The standard InChI is InChI=1S/C17H21NO3S/c1-11-5-6-14(13(7-11)17(2,3)4)21-9-15-18-12(10-22-15)8-16(19)20/h5-7,10H,8-9H2,1-4H3,(H,19,20). The molecule has 5 heteroatoms. The summed E-state index contributed by atoms with van der Waals surface area (Å²) in [4.78, 5) is 15.0. The molecule has 0 atom stereocenters. The smallest absolute Gasteiger partial charge is 0.309 e. The van der Waals surface area contributed by atoms with Crippen LogP contribution in [0.5, 0.6) is 5.75 Å². The van der Waals surface area contributed by atoms with Crippen LogP contribution in [0, 0.1) is 6.92 Å². The second-order valence-corrected chi connectivity index (χ2v) is 7.28. The summed E-state index contributed by atoms with van der Waals surface area (Å²) in [7, 11) is 0.